The molecule has 0 saturated carbocycles. The van der Waals surface area contributed by atoms with Gasteiger partial charge in [-0.2, -0.15) is 0 Å². The summed E-state index contributed by atoms with van der Waals surface area (Å²) in [5.74, 6) is -0.420. The Morgan fingerprint density at radius 3 is 2.04 bits per heavy atom. The molecule has 0 radical (unpaired) electrons. The molecule has 0 aliphatic heterocycles. The number of rotatable bonds is 12. The first kappa shape index (κ1) is 26.9. The van der Waals surface area contributed by atoms with Crippen LogP contribution in [0.15, 0.2) is 13.2 Å². The second kappa shape index (κ2) is 14.8. The van der Waals surface area contributed by atoms with Crippen LogP contribution < -0.4 is 10.6 Å². The van der Waals surface area contributed by atoms with Crippen LogP contribution in [-0.2, 0) is 14.3 Å². The van der Waals surface area contributed by atoms with E-state index in [4.69, 9.17) is 4.74 Å². The van der Waals surface area contributed by atoms with Crippen molar-refractivity contribution >= 4 is 11.8 Å². The lowest BCUT2D eigenvalue weighted by atomic mass is 9.89. The van der Waals surface area contributed by atoms with E-state index in [1.54, 1.807) is 0 Å². The van der Waals surface area contributed by atoms with Gasteiger partial charge in [-0.15, -0.1) is 13.2 Å². The normalized spacial score (nSPS) is 11.3. The molecular formula is C21H42N2O3. The summed E-state index contributed by atoms with van der Waals surface area (Å²) in [5, 5.41) is 5.67. The van der Waals surface area contributed by atoms with Crippen molar-refractivity contribution in [3.05, 3.63) is 13.2 Å². The summed E-state index contributed by atoms with van der Waals surface area (Å²) in [6.45, 7) is 21.5. The molecule has 0 aliphatic rings. The van der Waals surface area contributed by atoms with Gasteiger partial charge in [-0.05, 0) is 36.5 Å². The lowest BCUT2D eigenvalue weighted by molar-refractivity contribution is -0.129. The van der Waals surface area contributed by atoms with E-state index in [-0.39, 0.29) is 29.1 Å². The van der Waals surface area contributed by atoms with Gasteiger partial charge in [0.15, 0.2) is 0 Å². The lowest BCUT2D eigenvalue weighted by Crippen LogP contribution is -2.37. The van der Waals surface area contributed by atoms with Gasteiger partial charge < -0.3 is 15.4 Å². The van der Waals surface area contributed by atoms with Gasteiger partial charge in [0.25, 0.3) is 0 Å². The molecule has 154 valence electrons. The quantitative estimate of drug-likeness (QED) is 0.309. The lowest BCUT2D eigenvalue weighted by Gasteiger charge is -2.24. The summed E-state index contributed by atoms with van der Waals surface area (Å²) in [5.41, 5.74) is 0.237. The Balaban J connectivity index is 0. The molecule has 0 unspecified atom stereocenters. The third kappa shape index (κ3) is 19.0. The molecule has 0 saturated heterocycles. The highest BCUT2D eigenvalue weighted by molar-refractivity contribution is 5.96. The molecule has 0 aromatic heterocycles. The first-order valence-electron chi connectivity index (χ1n) is 9.67. The van der Waals surface area contributed by atoms with Gasteiger partial charge in [0.2, 0.25) is 11.8 Å². The minimum Gasteiger partial charge on any atom is -0.381 e. The van der Waals surface area contributed by atoms with E-state index in [1.165, 1.54) is 0 Å². The van der Waals surface area contributed by atoms with Crippen LogP contribution in [0, 0.1) is 10.8 Å². The number of carbonyl (C=O) groups excluding carboxylic acids is 2. The van der Waals surface area contributed by atoms with Crippen molar-refractivity contribution in [3.8, 4) is 0 Å². The summed E-state index contributed by atoms with van der Waals surface area (Å²) in [6.07, 6.45) is 3.78. The zero-order chi connectivity index (χ0) is 20.6. The standard InChI is InChI=1S/C19H38N2O3.C2H4/c1-7-12-24-13-10-19(5,6)15-21-17(23)14-16(22)20-11-8-9-18(2,3)4;1-2/h7-15H2,1-6H3,(H,20,22)(H,21,23);1-2H2. The Morgan fingerprint density at radius 2 is 1.50 bits per heavy atom. The first-order valence-corrected chi connectivity index (χ1v) is 9.67. The Morgan fingerprint density at radius 1 is 0.923 bits per heavy atom. The fraction of sp³-hybridized carbons (Fsp3) is 0.810. The molecular weight excluding hydrogens is 328 g/mol. The van der Waals surface area contributed by atoms with Crippen molar-refractivity contribution in [1.29, 1.82) is 0 Å². The summed E-state index contributed by atoms with van der Waals surface area (Å²) in [6, 6.07) is 0. The second-order valence-corrected chi connectivity index (χ2v) is 8.49. The van der Waals surface area contributed by atoms with Gasteiger partial charge in [-0.3, -0.25) is 9.59 Å². The van der Waals surface area contributed by atoms with E-state index in [9.17, 15) is 9.59 Å². The monoisotopic (exact) mass is 370 g/mol. The Bertz CT molecular complexity index is 387. The van der Waals surface area contributed by atoms with Gasteiger partial charge in [-0.1, -0.05) is 41.5 Å². The number of carbonyl (C=O) groups is 2. The molecule has 0 spiro atoms. The Hall–Kier alpha value is -1.36. The third-order valence-corrected chi connectivity index (χ3v) is 3.78. The van der Waals surface area contributed by atoms with Crippen molar-refractivity contribution in [3.63, 3.8) is 0 Å². The SMILES string of the molecule is C=C.CCCOCCC(C)(C)CNC(=O)CC(=O)NCCCC(C)(C)C. The molecule has 0 aromatic rings. The highest BCUT2D eigenvalue weighted by Crippen LogP contribution is 2.20. The van der Waals surface area contributed by atoms with E-state index in [0.717, 1.165) is 32.3 Å². The highest BCUT2D eigenvalue weighted by Gasteiger charge is 2.19. The topological polar surface area (TPSA) is 67.4 Å². The maximum atomic E-state index is 11.9. The summed E-state index contributed by atoms with van der Waals surface area (Å²) in [4.78, 5) is 23.6. The van der Waals surface area contributed by atoms with Crippen LogP contribution in [0.25, 0.3) is 0 Å². The molecule has 2 amide bonds. The molecule has 0 fully saturated rings. The molecule has 0 aliphatic carbocycles. The van der Waals surface area contributed by atoms with Crippen LogP contribution in [0.2, 0.25) is 0 Å². The summed E-state index contributed by atoms with van der Waals surface area (Å²) in [7, 11) is 0. The van der Waals surface area contributed by atoms with Crippen LogP contribution in [-0.4, -0.2) is 38.1 Å². The minimum absolute atomic E-state index is 0.0351. The van der Waals surface area contributed by atoms with Gasteiger partial charge in [-0.25, -0.2) is 0 Å². The van der Waals surface area contributed by atoms with Crippen molar-refractivity contribution in [1.82, 2.24) is 10.6 Å². The van der Waals surface area contributed by atoms with E-state index >= 15 is 0 Å². The second-order valence-electron chi connectivity index (χ2n) is 8.49. The average molecular weight is 371 g/mol. The van der Waals surface area contributed by atoms with Crippen molar-refractivity contribution in [2.24, 2.45) is 10.8 Å². The zero-order valence-electron chi connectivity index (χ0n) is 18.0. The van der Waals surface area contributed by atoms with E-state index in [2.05, 4.69) is 65.3 Å². The molecule has 2 N–H and O–H groups in total. The minimum atomic E-state index is -0.217. The van der Waals surface area contributed by atoms with Gasteiger partial charge in [0.05, 0.1) is 0 Å². The molecule has 5 heteroatoms. The van der Waals surface area contributed by atoms with Crippen LogP contribution in [0.3, 0.4) is 0 Å². The van der Waals surface area contributed by atoms with E-state index < -0.39 is 0 Å². The predicted molar refractivity (Wildman–Crippen MR) is 110 cm³/mol. The van der Waals surface area contributed by atoms with Crippen molar-refractivity contribution < 1.29 is 14.3 Å². The van der Waals surface area contributed by atoms with E-state index in [0.29, 0.717) is 19.7 Å². The number of hydrogen-bond acceptors (Lipinski definition) is 3. The molecule has 5 nitrogen and oxygen atoms in total. The van der Waals surface area contributed by atoms with E-state index in [1.807, 2.05) is 0 Å². The van der Waals surface area contributed by atoms with Gasteiger partial charge in [0, 0.05) is 26.3 Å². The fourth-order valence-corrected chi connectivity index (χ4v) is 2.14. The van der Waals surface area contributed by atoms with Crippen LogP contribution >= 0.6 is 0 Å². The number of hydrogen-bond donors (Lipinski definition) is 2. The molecule has 26 heavy (non-hydrogen) atoms. The summed E-state index contributed by atoms with van der Waals surface area (Å²) >= 11 is 0. The Kier molecular flexibility index (Phi) is 15.3. The smallest absolute Gasteiger partial charge is 0.229 e. The highest BCUT2D eigenvalue weighted by atomic mass is 16.5. The van der Waals surface area contributed by atoms with Crippen LogP contribution in [0.5, 0.6) is 0 Å². The largest absolute Gasteiger partial charge is 0.381 e. The zero-order valence-corrected chi connectivity index (χ0v) is 18.0. The van der Waals surface area contributed by atoms with Crippen LogP contribution in [0.1, 0.15) is 73.6 Å². The van der Waals surface area contributed by atoms with Crippen molar-refractivity contribution in [2.45, 2.75) is 73.6 Å². The molecule has 0 aromatic carbocycles. The summed E-state index contributed by atoms with van der Waals surface area (Å²) < 4.78 is 5.49. The number of amides is 2. The fourth-order valence-electron chi connectivity index (χ4n) is 2.14. The molecule has 0 rings (SSSR count). The third-order valence-electron chi connectivity index (χ3n) is 3.78. The van der Waals surface area contributed by atoms with Crippen molar-refractivity contribution in [2.75, 3.05) is 26.3 Å². The number of nitrogens with one attached hydrogen (secondary N) is 2. The molecule has 0 atom stereocenters. The van der Waals surface area contributed by atoms with Gasteiger partial charge >= 0.3 is 0 Å². The maximum absolute atomic E-state index is 11.9. The first-order chi connectivity index (χ1) is 12.1. The number of ether oxygens (including phenoxy) is 1. The van der Waals surface area contributed by atoms with Gasteiger partial charge in [0.1, 0.15) is 6.42 Å². The van der Waals surface area contributed by atoms with Crippen LogP contribution in [0.4, 0.5) is 0 Å². The molecule has 0 bridgehead atoms. The Labute approximate surface area is 161 Å². The average Bonchev–Trinajstić information content (AvgIpc) is 2.55. The molecule has 0 heterocycles. The predicted octanol–water partition coefficient (Wildman–Crippen LogP) is 4.08. The maximum Gasteiger partial charge on any atom is 0.229 e.